The Morgan fingerprint density at radius 3 is 2.17 bits per heavy atom. The summed E-state index contributed by atoms with van der Waals surface area (Å²) in [5.74, 6) is 0. The molecule has 0 saturated heterocycles. The van der Waals surface area contributed by atoms with Gasteiger partial charge in [0.05, 0.1) is 15.4 Å². The summed E-state index contributed by atoms with van der Waals surface area (Å²) in [6.07, 6.45) is -5.10. The van der Waals surface area contributed by atoms with E-state index in [9.17, 15) is 31.7 Å². The zero-order valence-corrected chi connectivity index (χ0v) is 10.6. The van der Waals surface area contributed by atoms with Gasteiger partial charge >= 0.3 is 6.18 Å². The van der Waals surface area contributed by atoms with Crippen LogP contribution in [0.4, 0.5) is 18.9 Å². The molecule has 11 heteroatoms. The van der Waals surface area contributed by atoms with Crippen LogP contribution < -0.4 is 5.14 Å². The minimum Gasteiger partial charge on any atom is -0.258 e. The molecule has 100 valence electrons. The van der Waals surface area contributed by atoms with Gasteiger partial charge in [-0.15, -0.1) is 0 Å². The minimum absolute atomic E-state index is 0.445. The number of primary sulfonamides is 1. The van der Waals surface area contributed by atoms with Crippen LogP contribution in [0.3, 0.4) is 0 Å². The van der Waals surface area contributed by atoms with Crippen LogP contribution in [0.5, 0.6) is 0 Å². The van der Waals surface area contributed by atoms with Crippen molar-refractivity contribution in [2.45, 2.75) is 11.1 Å². The summed E-state index contributed by atoms with van der Waals surface area (Å²) >= 11 is 2.38. The summed E-state index contributed by atoms with van der Waals surface area (Å²) < 4.78 is 59.2. The Kier molecular flexibility index (Phi) is 3.70. The number of nitro groups is 1. The van der Waals surface area contributed by atoms with E-state index in [0.29, 0.717) is 12.1 Å². The number of benzene rings is 1. The van der Waals surface area contributed by atoms with Crippen LogP contribution in [-0.4, -0.2) is 13.3 Å². The van der Waals surface area contributed by atoms with Gasteiger partial charge in [0.15, 0.2) is 0 Å². The highest BCUT2D eigenvalue weighted by Crippen LogP contribution is 2.42. The van der Waals surface area contributed by atoms with Crippen molar-refractivity contribution in [2.24, 2.45) is 5.14 Å². The van der Waals surface area contributed by atoms with Gasteiger partial charge in [0.2, 0.25) is 10.0 Å². The van der Waals surface area contributed by atoms with Crippen molar-refractivity contribution >= 4 is 31.6 Å². The van der Waals surface area contributed by atoms with Gasteiger partial charge in [0, 0.05) is 6.07 Å². The van der Waals surface area contributed by atoms with Gasteiger partial charge in [-0.3, -0.25) is 10.1 Å². The summed E-state index contributed by atoms with van der Waals surface area (Å²) in [6.45, 7) is 0. The zero-order chi connectivity index (χ0) is 14.3. The lowest BCUT2D eigenvalue weighted by atomic mass is 10.2. The number of halogens is 4. The van der Waals surface area contributed by atoms with Crippen molar-refractivity contribution in [1.29, 1.82) is 0 Å². The number of nitrogens with two attached hydrogens (primary N) is 1. The number of alkyl halides is 3. The summed E-state index contributed by atoms with van der Waals surface area (Å²) in [4.78, 5) is 8.18. The van der Waals surface area contributed by atoms with E-state index in [1.165, 1.54) is 0 Å². The maximum Gasteiger partial charge on any atom is 0.419 e. The molecule has 2 N–H and O–H groups in total. The van der Waals surface area contributed by atoms with Crippen molar-refractivity contribution in [1.82, 2.24) is 0 Å². The van der Waals surface area contributed by atoms with Crippen LogP contribution in [0.15, 0.2) is 21.5 Å². The molecule has 1 aromatic carbocycles. The van der Waals surface area contributed by atoms with Crippen LogP contribution in [0.25, 0.3) is 0 Å². The molecule has 0 aliphatic rings. The molecule has 1 aromatic rings. The monoisotopic (exact) mass is 348 g/mol. The Hall–Kier alpha value is -1.20. The maximum atomic E-state index is 12.7. The van der Waals surface area contributed by atoms with Crippen molar-refractivity contribution in [3.63, 3.8) is 0 Å². The van der Waals surface area contributed by atoms with Crippen molar-refractivity contribution in [3.8, 4) is 0 Å². The second-order valence-electron chi connectivity index (χ2n) is 3.07. The first kappa shape index (κ1) is 14.9. The fourth-order valence-corrected chi connectivity index (χ4v) is 2.80. The summed E-state index contributed by atoms with van der Waals surface area (Å²) in [6, 6.07) is 1.07. The van der Waals surface area contributed by atoms with Gasteiger partial charge < -0.3 is 0 Å². The molecule has 0 aromatic heterocycles. The van der Waals surface area contributed by atoms with E-state index in [1.807, 2.05) is 0 Å². The molecule has 0 atom stereocenters. The smallest absolute Gasteiger partial charge is 0.258 e. The molecule has 0 saturated carbocycles. The normalized spacial score (nSPS) is 12.5. The van der Waals surface area contributed by atoms with Gasteiger partial charge in [-0.05, 0) is 22.0 Å². The van der Waals surface area contributed by atoms with Crippen LogP contribution in [0.2, 0.25) is 0 Å². The second kappa shape index (κ2) is 4.48. The van der Waals surface area contributed by atoms with E-state index in [1.54, 1.807) is 0 Å². The molecule has 0 amide bonds. The van der Waals surface area contributed by atoms with Gasteiger partial charge in [0.25, 0.3) is 5.69 Å². The topological polar surface area (TPSA) is 103 Å². The quantitative estimate of drug-likeness (QED) is 0.652. The molecule has 0 heterocycles. The highest BCUT2D eigenvalue weighted by Gasteiger charge is 2.41. The van der Waals surface area contributed by atoms with Gasteiger partial charge in [-0.1, -0.05) is 0 Å². The Morgan fingerprint density at radius 2 is 1.83 bits per heavy atom. The third-order valence-electron chi connectivity index (χ3n) is 1.87. The first-order chi connectivity index (χ1) is 7.96. The van der Waals surface area contributed by atoms with Crippen LogP contribution in [-0.2, 0) is 16.2 Å². The first-order valence-electron chi connectivity index (χ1n) is 4.03. The number of hydrogen-bond acceptors (Lipinski definition) is 4. The SMILES string of the molecule is NS(=O)(=O)c1ccc([N+](=O)[O-])c(Br)c1C(F)(F)F. The molecule has 0 radical (unpaired) electrons. The van der Waals surface area contributed by atoms with Crippen LogP contribution in [0, 0.1) is 10.1 Å². The second-order valence-corrected chi connectivity index (χ2v) is 5.39. The minimum atomic E-state index is -5.10. The molecule has 0 bridgehead atoms. The van der Waals surface area contributed by atoms with Crippen LogP contribution >= 0.6 is 15.9 Å². The molecule has 18 heavy (non-hydrogen) atoms. The molecular formula is C7H4BrF3N2O4S. The predicted molar refractivity (Wildman–Crippen MR) is 57.2 cm³/mol. The third kappa shape index (κ3) is 2.79. The van der Waals surface area contributed by atoms with Gasteiger partial charge in [-0.2, -0.15) is 13.2 Å². The molecule has 0 spiro atoms. The zero-order valence-electron chi connectivity index (χ0n) is 8.23. The molecular weight excluding hydrogens is 345 g/mol. The van der Waals surface area contributed by atoms with Crippen LogP contribution in [0.1, 0.15) is 5.56 Å². The van der Waals surface area contributed by atoms with E-state index >= 15 is 0 Å². The van der Waals surface area contributed by atoms with Crippen molar-refractivity contribution in [2.75, 3.05) is 0 Å². The largest absolute Gasteiger partial charge is 0.419 e. The van der Waals surface area contributed by atoms with E-state index < -0.39 is 41.7 Å². The summed E-state index contributed by atoms with van der Waals surface area (Å²) in [7, 11) is -4.65. The Balaban J connectivity index is 3.80. The predicted octanol–water partition coefficient (Wildman–Crippen LogP) is 2.02. The highest BCUT2D eigenvalue weighted by molar-refractivity contribution is 9.10. The molecule has 6 nitrogen and oxygen atoms in total. The van der Waals surface area contributed by atoms with Gasteiger partial charge in [-0.25, -0.2) is 13.6 Å². The van der Waals surface area contributed by atoms with E-state index in [4.69, 9.17) is 0 Å². The number of nitrogens with zero attached hydrogens (tertiary/aromatic N) is 1. The number of nitro benzene ring substituents is 1. The van der Waals surface area contributed by atoms with E-state index in [0.717, 1.165) is 0 Å². The number of sulfonamides is 1. The lowest BCUT2D eigenvalue weighted by Crippen LogP contribution is -2.20. The fourth-order valence-electron chi connectivity index (χ4n) is 1.19. The van der Waals surface area contributed by atoms with E-state index in [-0.39, 0.29) is 0 Å². The Labute approximate surface area is 107 Å². The standard InChI is InChI=1S/C7H4BrF3N2O4S/c8-6-3(13(14)15)1-2-4(18(12,16)17)5(6)7(9,10)11/h1-2H,(H2,12,16,17). The molecule has 0 unspecified atom stereocenters. The molecule has 0 aliphatic carbocycles. The molecule has 0 fully saturated rings. The van der Waals surface area contributed by atoms with Gasteiger partial charge in [0.1, 0.15) is 4.47 Å². The van der Waals surface area contributed by atoms with Crippen molar-refractivity contribution < 1.29 is 26.5 Å². The maximum absolute atomic E-state index is 12.7. The van der Waals surface area contributed by atoms with Crippen molar-refractivity contribution in [3.05, 3.63) is 32.3 Å². The van der Waals surface area contributed by atoms with E-state index in [2.05, 4.69) is 21.1 Å². The summed E-state index contributed by atoms with van der Waals surface area (Å²) in [5.41, 5.74) is -2.60. The average Bonchev–Trinajstić information content (AvgIpc) is 2.12. The Bertz CT molecular complexity index is 614. The lowest BCUT2D eigenvalue weighted by molar-refractivity contribution is -0.386. The molecule has 0 aliphatic heterocycles. The lowest BCUT2D eigenvalue weighted by Gasteiger charge is -2.13. The highest BCUT2D eigenvalue weighted by atomic mass is 79.9. The fraction of sp³-hybridized carbons (Fsp3) is 0.143. The first-order valence-corrected chi connectivity index (χ1v) is 6.37. The summed E-state index contributed by atoms with van der Waals surface area (Å²) in [5, 5.41) is 15.1. The molecule has 1 rings (SSSR count). The Morgan fingerprint density at radius 1 is 1.33 bits per heavy atom. The third-order valence-corrected chi connectivity index (χ3v) is 3.63. The number of rotatable bonds is 2. The average molecular weight is 349 g/mol. The number of hydrogen-bond donors (Lipinski definition) is 1.